The zero-order valence-corrected chi connectivity index (χ0v) is 21.0. The molecule has 0 amide bonds. The molecule has 2 aliphatic rings. The summed E-state index contributed by atoms with van der Waals surface area (Å²) in [5, 5.41) is 0. The number of hydrogen-bond acceptors (Lipinski definition) is 1. The van der Waals surface area contributed by atoms with Gasteiger partial charge in [-0.3, -0.25) is 0 Å². The van der Waals surface area contributed by atoms with Crippen molar-refractivity contribution >= 4 is 0 Å². The van der Waals surface area contributed by atoms with Gasteiger partial charge in [0.15, 0.2) is 0 Å². The second kappa shape index (κ2) is 12.0. The van der Waals surface area contributed by atoms with Crippen LogP contribution in [-0.2, 0) is 0 Å². The Kier molecular flexibility index (Phi) is 10.1. The van der Waals surface area contributed by atoms with Crippen LogP contribution in [0.4, 0.5) is 0 Å². The first-order chi connectivity index (χ1) is 14.4. The third kappa shape index (κ3) is 7.21. The van der Waals surface area contributed by atoms with Crippen LogP contribution in [0, 0.1) is 35.5 Å². The molecule has 1 fully saturated rings. The summed E-state index contributed by atoms with van der Waals surface area (Å²) >= 11 is 0. The summed E-state index contributed by atoms with van der Waals surface area (Å²) in [5.41, 5.74) is 3.34. The normalized spacial score (nSPS) is 25.7. The zero-order valence-electron chi connectivity index (χ0n) is 21.0. The van der Waals surface area contributed by atoms with E-state index in [2.05, 4.69) is 64.6 Å². The quantitative estimate of drug-likeness (QED) is 0.217. The fraction of sp³-hybridized carbons (Fsp3) is 0.793. The van der Waals surface area contributed by atoms with Crippen LogP contribution in [0.2, 0.25) is 0 Å². The van der Waals surface area contributed by atoms with Crippen molar-refractivity contribution in [3.63, 3.8) is 0 Å². The van der Waals surface area contributed by atoms with Crippen molar-refractivity contribution < 1.29 is 0 Å². The highest BCUT2D eigenvalue weighted by atomic mass is 15.1. The predicted octanol–water partition coefficient (Wildman–Crippen LogP) is 8.37. The van der Waals surface area contributed by atoms with Gasteiger partial charge in [-0.05, 0) is 88.7 Å². The lowest BCUT2D eigenvalue weighted by Crippen LogP contribution is -2.32. The average molecular weight is 412 g/mol. The van der Waals surface area contributed by atoms with E-state index in [4.69, 9.17) is 6.42 Å². The Hall–Kier alpha value is -1.16. The highest BCUT2D eigenvalue weighted by Gasteiger charge is 2.44. The van der Waals surface area contributed by atoms with E-state index in [9.17, 15) is 0 Å². The predicted molar refractivity (Wildman–Crippen MR) is 133 cm³/mol. The molecule has 1 saturated carbocycles. The van der Waals surface area contributed by atoms with Gasteiger partial charge in [0.05, 0.1) is 0 Å². The van der Waals surface area contributed by atoms with Gasteiger partial charge in [0, 0.05) is 18.0 Å². The van der Waals surface area contributed by atoms with Crippen molar-refractivity contribution in [1.29, 1.82) is 0 Å². The lowest BCUT2D eigenvalue weighted by Gasteiger charge is -2.38. The maximum Gasteiger partial charge on any atom is 0.0352 e. The van der Waals surface area contributed by atoms with Gasteiger partial charge >= 0.3 is 0 Å². The third-order valence-electron chi connectivity index (χ3n) is 7.69. The van der Waals surface area contributed by atoms with Crippen molar-refractivity contribution in [3.8, 4) is 12.3 Å². The number of nitrogens with zero attached hydrogens (tertiary/aromatic N) is 1. The molecule has 3 unspecified atom stereocenters. The average Bonchev–Trinajstić information content (AvgIpc) is 3.57. The van der Waals surface area contributed by atoms with Gasteiger partial charge in [-0.25, -0.2) is 0 Å². The second-order valence-electron chi connectivity index (χ2n) is 10.7. The Morgan fingerprint density at radius 2 is 2.00 bits per heavy atom. The molecule has 1 heteroatoms. The number of unbranched alkanes of at least 4 members (excludes halogenated alkanes) is 1. The molecule has 0 aromatic carbocycles. The van der Waals surface area contributed by atoms with Crippen LogP contribution >= 0.6 is 0 Å². The summed E-state index contributed by atoms with van der Waals surface area (Å²) in [7, 11) is 0. The van der Waals surface area contributed by atoms with Crippen LogP contribution in [-0.4, -0.2) is 17.5 Å². The van der Waals surface area contributed by atoms with Crippen LogP contribution < -0.4 is 0 Å². The Bertz CT molecular complexity index is 615. The number of rotatable bonds is 13. The molecular formula is C29H49N. The minimum atomic E-state index is 0.0809. The molecule has 3 atom stereocenters. The van der Waals surface area contributed by atoms with Crippen molar-refractivity contribution in [2.75, 3.05) is 6.54 Å². The van der Waals surface area contributed by atoms with Crippen LogP contribution in [0.1, 0.15) is 112 Å². The van der Waals surface area contributed by atoms with Crippen molar-refractivity contribution in [1.82, 2.24) is 4.90 Å². The summed E-state index contributed by atoms with van der Waals surface area (Å²) in [6, 6.07) is 0.689. The zero-order chi connectivity index (χ0) is 22.1. The number of allylic oxidation sites excluding steroid dienone is 3. The number of hydrogen-bond donors (Lipinski definition) is 0. The van der Waals surface area contributed by atoms with Crippen molar-refractivity contribution in [2.45, 2.75) is 118 Å². The van der Waals surface area contributed by atoms with Crippen LogP contribution in [0.15, 0.2) is 23.4 Å². The molecule has 0 N–H and O–H groups in total. The van der Waals surface area contributed by atoms with E-state index in [-0.39, 0.29) is 5.41 Å². The first-order valence-electron chi connectivity index (χ1n) is 13.0. The summed E-state index contributed by atoms with van der Waals surface area (Å²) in [4.78, 5) is 2.71. The maximum absolute atomic E-state index is 5.98. The molecule has 0 saturated heterocycles. The fourth-order valence-electron chi connectivity index (χ4n) is 5.19. The van der Waals surface area contributed by atoms with Gasteiger partial charge in [-0.2, -0.15) is 0 Å². The van der Waals surface area contributed by atoms with Crippen LogP contribution in [0.25, 0.3) is 0 Å². The van der Waals surface area contributed by atoms with Crippen LogP contribution in [0.3, 0.4) is 0 Å². The molecule has 0 aromatic heterocycles. The van der Waals surface area contributed by atoms with Crippen LogP contribution in [0.5, 0.6) is 0 Å². The van der Waals surface area contributed by atoms with Gasteiger partial charge in [0.1, 0.15) is 0 Å². The molecular weight excluding hydrogens is 362 g/mol. The molecule has 2 rings (SSSR count). The summed E-state index contributed by atoms with van der Waals surface area (Å²) in [6.45, 7) is 15.2. The monoisotopic (exact) mass is 411 g/mol. The van der Waals surface area contributed by atoms with Crippen molar-refractivity contribution in [3.05, 3.63) is 23.4 Å². The lowest BCUT2D eigenvalue weighted by atomic mass is 9.66. The topological polar surface area (TPSA) is 3.24 Å². The molecule has 170 valence electrons. The molecule has 30 heavy (non-hydrogen) atoms. The van der Waals surface area contributed by atoms with Gasteiger partial charge < -0.3 is 4.90 Å². The SMILES string of the molecule is C#CC1(C)CC=C(CC(=CN(CCC(C)C)C(CC)CCCC)CC)CC1C1CC1. The van der Waals surface area contributed by atoms with E-state index in [0.29, 0.717) is 12.0 Å². The van der Waals surface area contributed by atoms with E-state index in [1.165, 1.54) is 57.9 Å². The van der Waals surface area contributed by atoms with Crippen molar-refractivity contribution in [2.24, 2.45) is 23.2 Å². The van der Waals surface area contributed by atoms with Gasteiger partial charge in [0.25, 0.3) is 0 Å². The second-order valence-corrected chi connectivity index (χ2v) is 10.7. The number of terminal acetylenes is 1. The highest BCUT2D eigenvalue weighted by Crippen LogP contribution is 2.52. The van der Waals surface area contributed by atoms with E-state index in [1.807, 2.05) is 0 Å². The summed E-state index contributed by atoms with van der Waals surface area (Å²) in [5.74, 6) is 5.51. The Morgan fingerprint density at radius 3 is 2.53 bits per heavy atom. The first kappa shape index (κ1) is 25.1. The summed E-state index contributed by atoms with van der Waals surface area (Å²) < 4.78 is 0. The molecule has 1 nitrogen and oxygen atoms in total. The van der Waals surface area contributed by atoms with E-state index in [0.717, 1.165) is 31.1 Å². The molecule has 0 radical (unpaired) electrons. The standard InChI is InChI=1S/C29H49N/c1-8-12-13-27(10-3)30(19-17-23(5)6)22-24(9-2)20-25-16-18-29(7,11-4)28(21-25)26-14-15-26/h4,16,22-23,26-28H,8-10,12-15,17-21H2,1-3,5-7H3. The highest BCUT2D eigenvalue weighted by molar-refractivity contribution is 5.25. The first-order valence-corrected chi connectivity index (χ1v) is 13.0. The maximum atomic E-state index is 5.98. The van der Waals surface area contributed by atoms with Gasteiger partial charge in [-0.1, -0.05) is 70.6 Å². The van der Waals surface area contributed by atoms with Gasteiger partial charge in [-0.15, -0.1) is 6.42 Å². The minimum absolute atomic E-state index is 0.0809. The Balaban J connectivity index is 2.14. The van der Waals surface area contributed by atoms with E-state index >= 15 is 0 Å². The van der Waals surface area contributed by atoms with E-state index in [1.54, 1.807) is 11.1 Å². The largest absolute Gasteiger partial charge is 0.374 e. The fourth-order valence-corrected chi connectivity index (χ4v) is 5.19. The molecule has 2 aliphatic carbocycles. The smallest absolute Gasteiger partial charge is 0.0352 e. The molecule has 0 aromatic rings. The minimum Gasteiger partial charge on any atom is -0.374 e. The molecule has 0 aliphatic heterocycles. The lowest BCUT2D eigenvalue weighted by molar-refractivity contribution is 0.221. The Labute approximate surface area is 188 Å². The molecule has 0 heterocycles. The molecule has 0 spiro atoms. The summed E-state index contributed by atoms with van der Waals surface area (Å²) in [6.07, 6.45) is 24.9. The molecule has 0 bridgehead atoms. The van der Waals surface area contributed by atoms with E-state index < -0.39 is 0 Å². The third-order valence-corrected chi connectivity index (χ3v) is 7.69. The Morgan fingerprint density at radius 1 is 1.27 bits per heavy atom. The van der Waals surface area contributed by atoms with Gasteiger partial charge in [0.2, 0.25) is 0 Å².